The van der Waals surface area contributed by atoms with Gasteiger partial charge in [0.05, 0.1) is 12.6 Å². The molecule has 0 saturated carbocycles. The second-order valence-corrected chi connectivity index (χ2v) is 10.1. The molecular weight excluding hydrogens is 466 g/mol. The number of hydrogen-bond acceptors (Lipinski definition) is 7. The van der Waals surface area contributed by atoms with Crippen LogP contribution < -0.4 is 30.7 Å². The highest BCUT2D eigenvalue weighted by Crippen LogP contribution is 2.20. The third-order valence-electron chi connectivity index (χ3n) is 5.14. The SMILES string of the molecule is CCCC(CO)NC(=O)C(C#N)=c1sc(=CNc2cccc(NC(=O)C(C)(C)C)c2)c(=O)n1CC. The predicted octanol–water partition coefficient (Wildman–Crippen LogP) is 1.72. The molecule has 1 heterocycles. The van der Waals surface area contributed by atoms with Gasteiger partial charge in [0.15, 0.2) is 5.57 Å². The van der Waals surface area contributed by atoms with Gasteiger partial charge in [0, 0.05) is 29.5 Å². The maximum atomic E-state index is 12.9. The van der Waals surface area contributed by atoms with E-state index >= 15 is 0 Å². The summed E-state index contributed by atoms with van der Waals surface area (Å²) in [6.45, 7) is 9.21. The Bertz CT molecular complexity index is 1280. The van der Waals surface area contributed by atoms with Crippen LogP contribution in [0.2, 0.25) is 0 Å². The Morgan fingerprint density at radius 3 is 2.51 bits per heavy atom. The lowest BCUT2D eigenvalue weighted by atomic mass is 9.95. The highest BCUT2D eigenvalue weighted by molar-refractivity contribution is 7.07. The van der Waals surface area contributed by atoms with Crippen molar-refractivity contribution in [3.05, 3.63) is 43.8 Å². The number of amides is 2. The van der Waals surface area contributed by atoms with E-state index < -0.39 is 17.4 Å². The van der Waals surface area contributed by atoms with Crippen LogP contribution in [0.1, 0.15) is 47.5 Å². The molecule has 1 unspecified atom stereocenters. The quantitative estimate of drug-likeness (QED) is 0.415. The highest BCUT2D eigenvalue weighted by Gasteiger charge is 2.21. The second kappa shape index (κ2) is 12.3. The summed E-state index contributed by atoms with van der Waals surface area (Å²) in [5, 5.41) is 27.7. The van der Waals surface area contributed by atoms with Crippen LogP contribution in [-0.2, 0) is 16.1 Å². The molecule has 0 saturated heterocycles. The molecular formula is C25H33N5O4S. The molecule has 0 aliphatic carbocycles. The van der Waals surface area contributed by atoms with Crippen LogP contribution in [0.25, 0.3) is 11.8 Å². The number of aliphatic hydroxyl groups is 1. The van der Waals surface area contributed by atoms with E-state index in [2.05, 4.69) is 16.0 Å². The van der Waals surface area contributed by atoms with Gasteiger partial charge in [-0.15, -0.1) is 11.3 Å². The molecule has 0 aliphatic heterocycles. The zero-order valence-electron chi connectivity index (χ0n) is 20.8. The minimum atomic E-state index is -0.620. The summed E-state index contributed by atoms with van der Waals surface area (Å²) < 4.78 is 1.95. The minimum absolute atomic E-state index is 0.118. The number of aromatic nitrogens is 1. The summed E-state index contributed by atoms with van der Waals surface area (Å²) >= 11 is 1.04. The van der Waals surface area contributed by atoms with Gasteiger partial charge in [0.25, 0.3) is 11.5 Å². The Hall–Kier alpha value is -3.42. The first-order valence-electron chi connectivity index (χ1n) is 11.5. The summed E-state index contributed by atoms with van der Waals surface area (Å²) in [7, 11) is 0. The summed E-state index contributed by atoms with van der Waals surface area (Å²) in [5.74, 6) is -0.738. The molecule has 0 spiro atoms. The van der Waals surface area contributed by atoms with Gasteiger partial charge in [-0.3, -0.25) is 19.0 Å². The summed E-state index contributed by atoms with van der Waals surface area (Å²) in [5.41, 5.74) is 0.230. The largest absolute Gasteiger partial charge is 0.394 e. The first-order valence-corrected chi connectivity index (χ1v) is 12.3. The molecule has 0 aliphatic rings. The Morgan fingerprint density at radius 2 is 1.94 bits per heavy atom. The first kappa shape index (κ1) is 27.8. The van der Waals surface area contributed by atoms with Gasteiger partial charge in [-0.05, 0) is 31.5 Å². The van der Waals surface area contributed by atoms with Crippen LogP contribution in [-0.4, -0.2) is 34.1 Å². The topological polar surface area (TPSA) is 136 Å². The van der Waals surface area contributed by atoms with Crippen LogP contribution in [0.5, 0.6) is 0 Å². The summed E-state index contributed by atoms with van der Waals surface area (Å²) in [6.07, 6.45) is 2.86. The van der Waals surface area contributed by atoms with Gasteiger partial charge >= 0.3 is 0 Å². The van der Waals surface area contributed by atoms with E-state index in [-0.39, 0.29) is 34.9 Å². The predicted molar refractivity (Wildman–Crippen MR) is 139 cm³/mol. The lowest BCUT2D eigenvalue weighted by molar-refractivity contribution is -0.123. The average molecular weight is 500 g/mol. The van der Waals surface area contributed by atoms with E-state index in [0.29, 0.717) is 22.3 Å². The molecule has 2 aromatic rings. The molecule has 188 valence electrons. The first-order chi connectivity index (χ1) is 16.5. The van der Waals surface area contributed by atoms with Crippen molar-refractivity contribution in [1.29, 1.82) is 5.26 Å². The van der Waals surface area contributed by atoms with E-state index in [1.165, 1.54) is 10.8 Å². The highest BCUT2D eigenvalue weighted by atomic mass is 32.1. The van der Waals surface area contributed by atoms with Gasteiger partial charge in [0.2, 0.25) is 5.91 Å². The minimum Gasteiger partial charge on any atom is -0.394 e. The molecule has 0 fully saturated rings. The van der Waals surface area contributed by atoms with Gasteiger partial charge in [-0.25, -0.2) is 0 Å². The molecule has 0 bridgehead atoms. The van der Waals surface area contributed by atoms with E-state index in [0.717, 1.165) is 17.8 Å². The van der Waals surface area contributed by atoms with E-state index in [1.54, 1.807) is 31.2 Å². The number of nitrogens with one attached hydrogen (secondary N) is 3. The number of aliphatic hydroxyl groups excluding tert-OH is 1. The summed E-state index contributed by atoms with van der Waals surface area (Å²) in [4.78, 5) is 37.9. The number of thiazole rings is 1. The molecule has 2 rings (SSSR count). The number of nitrogens with zero attached hydrogens (tertiary/aromatic N) is 2. The number of carbonyl (C=O) groups excluding carboxylic acids is 2. The van der Waals surface area contributed by atoms with E-state index in [9.17, 15) is 24.8 Å². The van der Waals surface area contributed by atoms with Crippen molar-refractivity contribution in [3.63, 3.8) is 0 Å². The molecule has 1 atom stereocenters. The smallest absolute Gasteiger partial charge is 0.270 e. The van der Waals surface area contributed by atoms with E-state index in [1.807, 2.05) is 33.8 Å². The summed E-state index contributed by atoms with van der Waals surface area (Å²) in [6, 6.07) is 8.54. The molecule has 4 N–H and O–H groups in total. The molecule has 1 aromatic heterocycles. The average Bonchev–Trinajstić information content (AvgIpc) is 3.12. The number of rotatable bonds is 9. The normalized spacial score (nSPS) is 13.6. The van der Waals surface area contributed by atoms with Crippen LogP contribution in [0, 0.1) is 16.7 Å². The van der Waals surface area contributed by atoms with Crippen LogP contribution in [0.3, 0.4) is 0 Å². The molecule has 35 heavy (non-hydrogen) atoms. The molecule has 10 heteroatoms. The van der Waals surface area contributed by atoms with Crippen LogP contribution >= 0.6 is 11.3 Å². The molecule has 2 amide bonds. The fourth-order valence-electron chi connectivity index (χ4n) is 3.16. The van der Waals surface area contributed by atoms with Gasteiger partial charge < -0.3 is 21.1 Å². The molecule has 9 nitrogen and oxygen atoms in total. The second-order valence-electron chi connectivity index (χ2n) is 9.02. The maximum Gasteiger partial charge on any atom is 0.270 e. The Morgan fingerprint density at radius 1 is 1.26 bits per heavy atom. The maximum absolute atomic E-state index is 12.9. The van der Waals surface area contributed by atoms with Gasteiger partial charge in [-0.1, -0.05) is 40.2 Å². The number of nitriles is 1. The van der Waals surface area contributed by atoms with Crippen molar-refractivity contribution in [1.82, 2.24) is 9.88 Å². The lowest BCUT2D eigenvalue weighted by Gasteiger charge is -2.18. The third kappa shape index (κ3) is 7.28. The Kier molecular flexibility index (Phi) is 9.80. The zero-order chi connectivity index (χ0) is 26.2. The molecule has 1 aromatic carbocycles. The van der Waals surface area contributed by atoms with Crippen molar-refractivity contribution in [2.75, 3.05) is 17.2 Å². The number of carbonyl (C=O) groups is 2. The molecule has 0 radical (unpaired) electrons. The fourth-order valence-corrected chi connectivity index (χ4v) is 4.24. The van der Waals surface area contributed by atoms with Crippen LogP contribution in [0.4, 0.5) is 11.4 Å². The van der Waals surface area contributed by atoms with Gasteiger partial charge in [0.1, 0.15) is 15.3 Å². The lowest BCUT2D eigenvalue weighted by Crippen LogP contribution is -2.40. The number of benzene rings is 1. The third-order valence-corrected chi connectivity index (χ3v) is 6.27. The van der Waals surface area contributed by atoms with Crippen LogP contribution in [0.15, 0.2) is 29.1 Å². The monoisotopic (exact) mass is 499 g/mol. The number of hydrogen-bond donors (Lipinski definition) is 4. The zero-order valence-corrected chi connectivity index (χ0v) is 21.6. The Labute approximate surface area is 208 Å². The van der Waals surface area contributed by atoms with Crippen molar-refractivity contribution in [2.45, 2.75) is 60.0 Å². The van der Waals surface area contributed by atoms with Crippen molar-refractivity contribution in [3.8, 4) is 6.07 Å². The van der Waals surface area contributed by atoms with Crippen molar-refractivity contribution in [2.24, 2.45) is 5.41 Å². The fraction of sp³-hybridized carbons (Fsp3) is 0.440. The van der Waals surface area contributed by atoms with E-state index in [4.69, 9.17) is 0 Å². The van der Waals surface area contributed by atoms with Crippen molar-refractivity contribution >= 4 is 46.3 Å². The number of anilines is 2. The standard InChI is InChI=1S/C25H33N5O4S/c1-6-9-18(15-31)28-21(32)19(13-26)23-30(7-2)22(33)20(35-23)14-27-16-10-8-11-17(12-16)29-24(34)25(3,4)5/h8,10-12,14,18,27,31H,6-7,9,15H2,1-5H3,(H,28,32)(H,29,34). The van der Waals surface area contributed by atoms with Crippen molar-refractivity contribution < 1.29 is 14.7 Å². The van der Waals surface area contributed by atoms with Gasteiger partial charge in [-0.2, -0.15) is 5.26 Å². The Balaban J connectivity index is 2.42.